The van der Waals surface area contributed by atoms with Crippen LogP contribution in [0.1, 0.15) is 35.3 Å². The van der Waals surface area contributed by atoms with Crippen molar-refractivity contribution < 1.29 is 9.53 Å². The highest BCUT2D eigenvalue weighted by molar-refractivity contribution is 6.07. The summed E-state index contributed by atoms with van der Waals surface area (Å²) in [5.41, 5.74) is 10.3. The average Bonchev–Trinajstić information content (AvgIpc) is 2.93. The molecule has 0 unspecified atom stereocenters. The molecule has 0 saturated carbocycles. The van der Waals surface area contributed by atoms with Gasteiger partial charge in [0, 0.05) is 25.4 Å². The highest BCUT2D eigenvalue weighted by atomic mass is 16.5. The zero-order valence-electron chi connectivity index (χ0n) is 19.9. The van der Waals surface area contributed by atoms with E-state index in [0.29, 0.717) is 29.6 Å². The van der Waals surface area contributed by atoms with Crippen LogP contribution in [0.25, 0.3) is 11.4 Å². The standard InChI is InChI=1S/C28H28N6O2/c29-21-12-13-23(22-10-7-11-26(31-22)36-19-20-8-3-1-4-9-20)32-27(21)28(35)33-24-18-30-15-14-25(24)34-16-5-2-6-17-34/h1,3-4,7-15,18H,2,5-6,16-17,19,29H2,(H,33,35). The van der Waals surface area contributed by atoms with Gasteiger partial charge in [-0.2, -0.15) is 0 Å². The van der Waals surface area contributed by atoms with Crippen LogP contribution in [0.3, 0.4) is 0 Å². The summed E-state index contributed by atoms with van der Waals surface area (Å²) >= 11 is 0. The van der Waals surface area contributed by atoms with Crippen LogP contribution in [0.4, 0.5) is 17.1 Å². The van der Waals surface area contributed by atoms with Crippen molar-refractivity contribution >= 4 is 23.0 Å². The fourth-order valence-electron chi connectivity index (χ4n) is 4.24. The van der Waals surface area contributed by atoms with Gasteiger partial charge in [0.25, 0.3) is 5.91 Å². The second-order valence-electron chi connectivity index (χ2n) is 8.66. The van der Waals surface area contributed by atoms with Gasteiger partial charge in [-0.25, -0.2) is 9.97 Å². The average molecular weight is 481 g/mol. The fraction of sp³-hybridized carbons (Fsp3) is 0.214. The van der Waals surface area contributed by atoms with E-state index >= 15 is 0 Å². The Kier molecular flexibility index (Phi) is 7.02. The number of pyridine rings is 3. The van der Waals surface area contributed by atoms with E-state index in [4.69, 9.17) is 10.5 Å². The minimum atomic E-state index is -0.392. The highest BCUT2D eigenvalue weighted by Gasteiger charge is 2.19. The van der Waals surface area contributed by atoms with Gasteiger partial charge in [0.1, 0.15) is 6.61 Å². The molecule has 1 aliphatic rings. The maximum atomic E-state index is 13.2. The lowest BCUT2D eigenvalue weighted by atomic mass is 10.1. The summed E-state index contributed by atoms with van der Waals surface area (Å²) < 4.78 is 5.85. The first-order valence-corrected chi connectivity index (χ1v) is 12.1. The number of carbonyl (C=O) groups excluding carboxylic acids is 1. The zero-order chi connectivity index (χ0) is 24.7. The molecule has 1 saturated heterocycles. The van der Waals surface area contributed by atoms with Crippen LogP contribution in [-0.2, 0) is 6.61 Å². The number of nitrogens with two attached hydrogens (primary N) is 1. The number of nitrogens with one attached hydrogen (secondary N) is 1. The predicted molar refractivity (Wildman–Crippen MR) is 141 cm³/mol. The van der Waals surface area contributed by atoms with Gasteiger partial charge in [-0.3, -0.25) is 9.78 Å². The molecule has 0 spiro atoms. The number of aromatic nitrogens is 3. The summed E-state index contributed by atoms with van der Waals surface area (Å²) in [4.78, 5) is 28.8. The number of hydrogen-bond acceptors (Lipinski definition) is 7. The van der Waals surface area contributed by atoms with Gasteiger partial charge in [-0.05, 0) is 49.1 Å². The van der Waals surface area contributed by atoms with Crippen molar-refractivity contribution in [3.8, 4) is 17.3 Å². The number of amides is 1. The first-order valence-electron chi connectivity index (χ1n) is 12.1. The number of nitrogen functional groups attached to an aromatic ring is 1. The quantitative estimate of drug-likeness (QED) is 0.386. The Balaban J connectivity index is 1.35. The van der Waals surface area contributed by atoms with Gasteiger partial charge in [-0.1, -0.05) is 36.4 Å². The molecule has 8 heteroatoms. The van der Waals surface area contributed by atoms with Crippen molar-refractivity contribution in [3.05, 3.63) is 90.4 Å². The van der Waals surface area contributed by atoms with Crippen LogP contribution in [0.15, 0.2) is 79.1 Å². The zero-order valence-corrected chi connectivity index (χ0v) is 19.9. The smallest absolute Gasteiger partial charge is 0.276 e. The normalized spacial score (nSPS) is 13.3. The molecule has 1 aliphatic heterocycles. The maximum absolute atomic E-state index is 13.2. The molecule has 0 atom stereocenters. The van der Waals surface area contributed by atoms with Crippen molar-refractivity contribution in [2.75, 3.05) is 29.0 Å². The number of benzene rings is 1. The first kappa shape index (κ1) is 23.3. The molecule has 4 aromatic rings. The highest BCUT2D eigenvalue weighted by Crippen LogP contribution is 2.28. The molecule has 3 N–H and O–H groups in total. The Morgan fingerprint density at radius 3 is 2.56 bits per heavy atom. The van der Waals surface area contributed by atoms with E-state index in [0.717, 1.165) is 37.2 Å². The van der Waals surface area contributed by atoms with E-state index in [2.05, 4.69) is 25.2 Å². The number of anilines is 3. The molecule has 1 fully saturated rings. The fourth-order valence-corrected chi connectivity index (χ4v) is 4.24. The molecule has 36 heavy (non-hydrogen) atoms. The second-order valence-corrected chi connectivity index (χ2v) is 8.66. The number of nitrogens with zero attached hydrogens (tertiary/aromatic N) is 4. The number of carbonyl (C=O) groups is 1. The van der Waals surface area contributed by atoms with E-state index in [9.17, 15) is 4.79 Å². The Morgan fingerprint density at radius 1 is 0.917 bits per heavy atom. The van der Waals surface area contributed by atoms with Crippen molar-refractivity contribution in [2.45, 2.75) is 25.9 Å². The molecule has 1 aromatic carbocycles. The summed E-state index contributed by atoms with van der Waals surface area (Å²) in [7, 11) is 0. The van der Waals surface area contributed by atoms with Crippen molar-refractivity contribution in [2.24, 2.45) is 0 Å². The molecular weight excluding hydrogens is 452 g/mol. The molecule has 182 valence electrons. The Bertz CT molecular complexity index is 1340. The van der Waals surface area contributed by atoms with Gasteiger partial charge in [0.2, 0.25) is 5.88 Å². The van der Waals surface area contributed by atoms with Gasteiger partial charge < -0.3 is 20.7 Å². The monoisotopic (exact) mass is 480 g/mol. The van der Waals surface area contributed by atoms with Crippen LogP contribution in [0.5, 0.6) is 5.88 Å². The third-order valence-corrected chi connectivity index (χ3v) is 6.10. The first-order chi connectivity index (χ1) is 17.7. The SMILES string of the molecule is Nc1ccc(-c2cccc(OCc3ccccc3)n2)nc1C(=O)Nc1cnccc1N1CCCCC1. The van der Waals surface area contributed by atoms with E-state index in [-0.39, 0.29) is 11.4 Å². The predicted octanol–water partition coefficient (Wildman–Crippen LogP) is 4.94. The number of piperidine rings is 1. The van der Waals surface area contributed by atoms with Gasteiger partial charge in [0.05, 0.1) is 34.6 Å². The van der Waals surface area contributed by atoms with Crippen molar-refractivity contribution in [1.82, 2.24) is 15.0 Å². The number of ether oxygens (including phenoxy) is 1. The molecule has 0 radical (unpaired) electrons. The summed E-state index contributed by atoms with van der Waals surface area (Å²) in [5.74, 6) is 0.0830. The lowest BCUT2D eigenvalue weighted by Gasteiger charge is -2.30. The molecule has 0 aliphatic carbocycles. The third kappa shape index (κ3) is 5.43. The Morgan fingerprint density at radius 2 is 1.72 bits per heavy atom. The number of rotatable bonds is 7. The largest absolute Gasteiger partial charge is 0.473 e. The minimum Gasteiger partial charge on any atom is -0.473 e. The Labute approximate surface area is 210 Å². The van der Waals surface area contributed by atoms with Crippen LogP contribution in [0, 0.1) is 0 Å². The van der Waals surface area contributed by atoms with Crippen LogP contribution < -0.4 is 20.7 Å². The van der Waals surface area contributed by atoms with E-state index < -0.39 is 5.91 Å². The maximum Gasteiger partial charge on any atom is 0.276 e. The van der Waals surface area contributed by atoms with Crippen molar-refractivity contribution in [1.29, 1.82) is 0 Å². The summed E-state index contributed by atoms with van der Waals surface area (Å²) in [6.07, 6.45) is 6.89. The minimum absolute atomic E-state index is 0.137. The number of hydrogen-bond donors (Lipinski definition) is 2. The van der Waals surface area contributed by atoms with Gasteiger partial charge >= 0.3 is 0 Å². The Hall–Kier alpha value is -4.46. The van der Waals surface area contributed by atoms with Crippen molar-refractivity contribution in [3.63, 3.8) is 0 Å². The molecule has 5 rings (SSSR count). The lowest BCUT2D eigenvalue weighted by Crippen LogP contribution is -2.30. The molecule has 4 heterocycles. The van der Waals surface area contributed by atoms with E-state index in [1.54, 1.807) is 30.6 Å². The van der Waals surface area contributed by atoms with Gasteiger partial charge in [0.15, 0.2) is 5.69 Å². The van der Waals surface area contributed by atoms with E-state index in [1.807, 2.05) is 48.5 Å². The van der Waals surface area contributed by atoms with Gasteiger partial charge in [-0.15, -0.1) is 0 Å². The molecule has 0 bridgehead atoms. The van der Waals surface area contributed by atoms with Crippen LogP contribution >= 0.6 is 0 Å². The lowest BCUT2D eigenvalue weighted by molar-refractivity contribution is 0.102. The van der Waals surface area contributed by atoms with Crippen LogP contribution in [-0.4, -0.2) is 33.9 Å². The summed E-state index contributed by atoms with van der Waals surface area (Å²) in [5, 5.41) is 2.96. The second kappa shape index (κ2) is 10.9. The molecule has 1 amide bonds. The van der Waals surface area contributed by atoms with E-state index in [1.165, 1.54) is 6.42 Å². The topological polar surface area (TPSA) is 106 Å². The molecule has 8 nitrogen and oxygen atoms in total. The summed E-state index contributed by atoms with van der Waals surface area (Å²) in [6, 6.07) is 20.7. The third-order valence-electron chi connectivity index (χ3n) is 6.10. The summed E-state index contributed by atoms with van der Waals surface area (Å²) in [6.45, 7) is 2.32. The molecular formula is C28H28N6O2. The molecule has 3 aromatic heterocycles. The van der Waals surface area contributed by atoms with Crippen LogP contribution in [0.2, 0.25) is 0 Å².